The third kappa shape index (κ3) is 3.32. The summed E-state index contributed by atoms with van der Waals surface area (Å²) in [6.07, 6.45) is 2.70. The van der Waals surface area contributed by atoms with Gasteiger partial charge in [0.25, 0.3) is 0 Å². The van der Waals surface area contributed by atoms with Gasteiger partial charge in [-0.05, 0) is 49.4 Å². The minimum atomic E-state index is -0.733. The molecule has 1 fully saturated rings. The van der Waals surface area contributed by atoms with Crippen molar-refractivity contribution in [1.82, 2.24) is 4.90 Å². The highest BCUT2D eigenvalue weighted by Gasteiger charge is 2.36. The molecule has 0 radical (unpaired) electrons. The summed E-state index contributed by atoms with van der Waals surface area (Å²) >= 11 is 1.69. The van der Waals surface area contributed by atoms with Crippen LogP contribution in [0.25, 0.3) is 0 Å². The number of carbonyl (C=O) groups is 1. The molecule has 128 valence electrons. The fraction of sp³-hybridized carbons (Fsp3) is 0.421. The molecule has 1 aliphatic rings. The highest BCUT2D eigenvalue weighted by molar-refractivity contribution is 7.10. The van der Waals surface area contributed by atoms with Gasteiger partial charge in [0.05, 0.1) is 13.2 Å². The van der Waals surface area contributed by atoms with E-state index in [1.165, 1.54) is 10.4 Å². The number of rotatable bonds is 5. The summed E-state index contributed by atoms with van der Waals surface area (Å²) in [4.78, 5) is 15.1. The number of methoxy groups -OCH3 is 1. The second-order valence-corrected chi connectivity index (χ2v) is 7.20. The maximum absolute atomic E-state index is 11.8. The Labute approximate surface area is 146 Å². The number of likely N-dealkylation sites (tertiary alicyclic amines) is 1. The van der Waals surface area contributed by atoms with Gasteiger partial charge in [-0.15, -0.1) is 11.3 Å². The number of thiophene rings is 1. The predicted octanol–water partition coefficient (Wildman–Crippen LogP) is 4.09. The van der Waals surface area contributed by atoms with Gasteiger partial charge in [0.1, 0.15) is 11.8 Å². The van der Waals surface area contributed by atoms with Gasteiger partial charge in [-0.3, -0.25) is 9.69 Å². The minimum Gasteiger partial charge on any atom is -0.496 e. The van der Waals surface area contributed by atoms with Crippen LogP contribution >= 0.6 is 11.3 Å². The van der Waals surface area contributed by atoms with Gasteiger partial charge in [0.15, 0.2) is 0 Å². The van der Waals surface area contributed by atoms with E-state index in [1.807, 2.05) is 24.3 Å². The lowest BCUT2D eigenvalue weighted by atomic mass is 9.94. The molecule has 5 heteroatoms. The number of carboxylic acid groups (broad SMARTS) is 1. The Bertz CT molecular complexity index is 712. The molecule has 3 rings (SSSR count). The van der Waals surface area contributed by atoms with Crippen LogP contribution in [0.15, 0.2) is 35.7 Å². The van der Waals surface area contributed by atoms with Gasteiger partial charge >= 0.3 is 5.97 Å². The monoisotopic (exact) mass is 345 g/mol. The van der Waals surface area contributed by atoms with E-state index >= 15 is 0 Å². The summed E-state index contributed by atoms with van der Waals surface area (Å²) in [5.74, 6) is 0.0751. The van der Waals surface area contributed by atoms with Crippen LogP contribution in [-0.4, -0.2) is 35.7 Å². The molecule has 1 aliphatic heterocycles. The van der Waals surface area contributed by atoms with E-state index in [4.69, 9.17) is 4.74 Å². The fourth-order valence-electron chi connectivity index (χ4n) is 3.51. The van der Waals surface area contributed by atoms with Crippen molar-refractivity contribution in [2.75, 3.05) is 13.7 Å². The Hall–Kier alpha value is -1.85. The van der Waals surface area contributed by atoms with E-state index in [9.17, 15) is 9.90 Å². The SMILES string of the molecule is COc1ccccc1C(c1cc(C)cs1)N1CCCCC1C(=O)O. The lowest BCUT2D eigenvalue weighted by molar-refractivity contribution is -0.145. The lowest BCUT2D eigenvalue weighted by Crippen LogP contribution is -2.46. The number of para-hydroxylation sites is 1. The van der Waals surface area contributed by atoms with Crippen molar-refractivity contribution in [2.24, 2.45) is 0 Å². The normalized spacial score (nSPS) is 19.8. The Morgan fingerprint density at radius 3 is 2.83 bits per heavy atom. The van der Waals surface area contributed by atoms with Crippen molar-refractivity contribution in [3.63, 3.8) is 0 Å². The van der Waals surface area contributed by atoms with Crippen LogP contribution in [-0.2, 0) is 4.79 Å². The topological polar surface area (TPSA) is 49.8 Å². The van der Waals surface area contributed by atoms with Crippen LogP contribution in [0, 0.1) is 6.92 Å². The first-order valence-electron chi connectivity index (χ1n) is 8.28. The third-order valence-electron chi connectivity index (χ3n) is 4.61. The van der Waals surface area contributed by atoms with Crippen LogP contribution in [0.3, 0.4) is 0 Å². The fourth-order valence-corrected chi connectivity index (χ4v) is 4.55. The van der Waals surface area contributed by atoms with Gasteiger partial charge in [0, 0.05) is 10.4 Å². The molecule has 4 nitrogen and oxygen atoms in total. The molecule has 2 atom stereocenters. The van der Waals surface area contributed by atoms with E-state index in [1.54, 1.807) is 18.4 Å². The molecular weight excluding hydrogens is 322 g/mol. The van der Waals surface area contributed by atoms with Gasteiger partial charge in [0.2, 0.25) is 0 Å². The molecule has 0 saturated carbocycles. The molecule has 1 aromatic carbocycles. The first-order valence-corrected chi connectivity index (χ1v) is 9.16. The molecule has 1 N–H and O–H groups in total. The number of piperidine rings is 1. The van der Waals surface area contributed by atoms with Gasteiger partial charge < -0.3 is 9.84 Å². The Balaban J connectivity index is 2.09. The predicted molar refractivity (Wildman–Crippen MR) is 95.9 cm³/mol. The highest BCUT2D eigenvalue weighted by atomic mass is 32.1. The molecule has 2 aromatic rings. The maximum atomic E-state index is 11.8. The number of hydrogen-bond acceptors (Lipinski definition) is 4. The number of hydrogen-bond donors (Lipinski definition) is 1. The largest absolute Gasteiger partial charge is 0.496 e. The quantitative estimate of drug-likeness (QED) is 0.886. The molecule has 0 amide bonds. The van der Waals surface area contributed by atoms with Crippen molar-refractivity contribution in [3.8, 4) is 5.75 Å². The molecule has 2 unspecified atom stereocenters. The van der Waals surface area contributed by atoms with Crippen LogP contribution in [0.1, 0.15) is 41.3 Å². The van der Waals surface area contributed by atoms with Crippen LogP contribution in [0.2, 0.25) is 0 Å². The van der Waals surface area contributed by atoms with E-state index in [-0.39, 0.29) is 6.04 Å². The molecule has 0 aliphatic carbocycles. The second-order valence-electron chi connectivity index (χ2n) is 6.26. The van der Waals surface area contributed by atoms with Crippen LogP contribution in [0.4, 0.5) is 0 Å². The average molecular weight is 345 g/mol. The van der Waals surface area contributed by atoms with Crippen molar-refractivity contribution in [1.29, 1.82) is 0 Å². The third-order valence-corrected chi connectivity index (χ3v) is 5.72. The molecule has 24 heavy (non-hydrogen) atoms. The van der Waals surface area contributed by atoms with E-state index in [0.717, 1.165) is 30.7 Å². The highest BCUT2D eigenvalue weighted by Crippen LogP contribution is 2.40. The first kappa shape index (κ1) is 17.0. The zero-order valence-corrected chi connectivity index (χ0v) is 14.9. The van der Waals surface area contributed by atoms with Gasteiger partial charge in [-0.25, -0.2) is 0 Å². The number of aliphatic carboxylic acids is 1. The molecule has 0 spiro atoms. The number of benzene rings is 1. The number of carboxylic acids is 1. The zero-order chi connectivity index (χ0) is 17.1. The number of aryl methyl sites for hydroxylation is 1. The smallest absolute Gasteiger partial charge is 0.320 e. The van der Waals surface area contributed by atoms with Crippen LogP contribution in [0.5, 0.6) is 5.75 Å². The lowest BCUT2D eigenvalue weighted by Gasteiger charge is -2.39. The van der Waals surface area contributed by atoms with E-state index < -0.39 is 12.0 Å². The van der Waals surface area contributed by atoms with Crippen molar-refractivity contribution in [3.05, 3.63) is 51.7 Å². The molecule has 1 aromatic heterocycles. The first-order chi connectivity index (χ1) is 11.6. The minimum absolute atomic E-state index is 0.0822. The maximum Gasteiger partial charge on any atom is 0.320 e. The van der Waals surface area contributed by atoms with E-state index in [0.29, 0.717) is 6.42 Å². The van der Waals surface area contributed by atoms with Gasteiger partial charge in [-0.1, -0.05) is 24.6 Å². The van der Waals surface area contributed by atoms with Gasteiger partial charge in [-0.2, -0.15) is 0 Å². The standard InChI is InChI=1S/C19H23NO3S/c1-13-11-17(24-12-13)18(14-7-3-4-9-16(14)23-2)20-10-6-5-8-15(20)19(21)22/h3-4,7,9,11-12,15,18H,5-6,8,10H2,1-2H3,(H,21,22). The number of nitrogens with zero attached hydrogens (tertiary/aromatic N) is 1. The Morgan fingerprint density at radius 2 is 2.17 bits per heavy atom. The van der Waals surface area contributed by atoms with E-state index in [2.05, 4.69) is 23.3 Å². The summed E-state index contributed by atoms with van der Waals surface area (Å²) in [5, 5.41) is 11.8. The Kier molecular flexibility index (Phi) is 5.21. The van der Waals surface area contributed by atoms with Crippen molar-refractivity contribution in [2.45, 2.75) is 38.3 Å². The summed E-state index contributed by atoms with van der Waals surface area (Å²) in [6, 6.07) is 9.57. The summed E-state index contributed by atoms with van der Waals surface area (Å²) in [7, 11) is 1.67. The Morgan fingerprint density at radius 1 is 1.38 bits per heavy atom. The summed E-state index contributed by atoms with van der Waals surface area (Å²) in [6.45, 7) is 2.86. The average Bonchev–Trinajstić information content (AvgIpc) is 3.02. The zero-order valence-electron chi connectivity index (χ0n) is 14.1. The summed E-state index contributed by atoms with van der Waals surface area (Å²) < 4.78 is 5.57. The second kappa shape index (κ2) is 7.36. The van der Waals surface area contributed by atoms with Crippen molar-refractivity contribution < 1.29 is 14.6 Å². The molecule has 1 saturated heterocycles. The molecular formula is C19H23NO3S. The van der Waals surface area contributed by atoms with Crippen molar-refractivity contribution >= 4 is 17.3 Å². The number of ether oxygens (including phenoxy) is 1. The molecule has 2 heterocycles. The molecule has 0 bridgehead atoms. The summed E-state index contributed by atoms with van der Waals surface area (Å²) in [5.41, 5.74) is 2.24. The van der Waals surface area contributed by atoms with Crippen LogP contribution < -0.4 is 4.74 Å².